The van der Waals surface area contributed by atoms with Crippen LogP contribution in [0.4, 0.5) is 5.82 Å². The average molecular weight is 270 g/mol. The minimum absolute atomic E-state index is 0.179. The van der Waals surface area contributed by atoms with E-state index in [0.717, 1.165) is 24.1 Å². The highest BCUT2D eigenvalue weighted by Gasteiger charge is 2.11. The van der Waals surface area contributed by atoms with Crippen LogP contribution < -0.4 is 5.32 Å². The molecule has 0 spiro atoms. The number of nitrogens with one attached hydrogen (secondary N) is 1. The third kappa shape index (κ3) is 2.96. The van der Waals surface area contributed by atoms with Crippen LogP contribution in [0.15, 0.2) is 36.4 Å². The van der Waals surface area contributed by atoms with Crippen LogP contribution >= 0.6 is 0 Å². The highest BCUT2D eigenvalue weighted by atomic mass is 16.4. The van der Waals surface area contributed by atoms with E-state index in [0.29, 0.717) is 5.82 Å². The molecule has 0 fully saturated rings. The van der Waals surface area contributed by atoms with Crippen LogP contribution in [-0.4, -0.2) is 23.1 Å². The Kier molecular flexibility index (Phi) is 4.35. The van der Waals surface area contributed by atoms with Gasteiger partial charge in [0.25, 0.3) is 0 Å². The van der Waals surface area contributed by atoms with Crippen molar-refractivity contribution in [1.82, 2.24) is 4.98 Å². The van der Waals surface area contributed by atoms with Gasteiger partial charge in [-0.1, -0.05) is 37.6 Å². The molecule has 4 nitrogen and oxygen atoms in total. The van der Waals surface area contributed by atoms with Crippen molar-refractivity contribution in [3.63, 3.8) is 0 Å². The highest BCUT2D eigenvalue weighted by Crippen LogP contribution is 2.22. The topological polar surface area (TPSA) is 62.2 Å². The first-order valence-electron chi connectivity index (χ1n) is 6.67. The number of hydrogen-bond acceptors (Lipinski definition) is 3. The molecule has 0 radical (unpaired) electrons. The fourth-order valence-electron chi connectivity index (χ4n) is 2.11. The second kappa shape index (κ2) is 6.19. The fourth-order valence-corrected chi connectivity index (χ4v) is 2.11. The van der Waals surface area contributed by atoms with E-state index in [2.05, 4.69) is 29.4 Å². The number of carboxylic acid groups (broad SMARTS) is 1. The minimum atomic E-state index is -0.980. The molecule has 20 heavy (non-hydrogen) atoms. The normalized spacial score (nSPS) is 10.3. The second-order valence-corrected chi connectivity index (χ2v) is 4.59. The monoisotopic (exact) mass is 270 g/mol. The number of hydrogen-bond donors (Lipinski definition) is 2. The Balaban J connectivity index is 2.35. The number of pyridine rings is 1. The summed E-state index contributed by atoms with van der Waals surface area (Å²) >= 11 is 0. The van der Waals surface area contributed by atoms with Gasteiger partial charge >= 0.3 is 5.97 Å². The third-order valence-electron chi connectivity index (χ3n) is 3.15. The van der Waals surface area contributed by atoms with Gasteiger partial charge < -0.3 is 10.4 Å². The van der Waals surface area contributed by atoms with Crippen molar-refractivity contribution < 1.29 is 9.90 Å². The van der Waals surface area contributed by atoms with Gasteiger partial charge in [-0.05, 0) is 24.1 Å². The zero-order valence-electron chi connectivity index (χ0n) is 11.7. The summed E-state index contributed by atoms with van der Waals surface area (Å²) in [5, 5.41) is 11.9. The first kappa shape index (κ1) is 14.1. The molecule has 0 unspecified atom stereocenters. The average Bonchev–Trinajstić information content (AvgIpc) is 2.47. The summed E-state index contributed by atoms with van der Waals surface area (Å²) in [5.41, 5.74) is 3.23. The van der Waals surface area contributed by atoms with Crippen LogP contribution in [0.1, 0.15) is 29.3 Å². The van der Waals surface area contributed by atoms with Crippen molar-refractivity contribution in [2.45, 2.75) is 19.8 Å². The Hall–Kier alpha value is -2.36. The molecule has 0 aliphatic heterocycles. The number of aromatic nitrogens is 1. The summed E-state index contributed by atoms with van der Waals surface area (Å²) in [5.74, 6) is -0.598. The van der Waals surface area contributed by atoms with Gasteiger partial charge in [-0.3, -0.25) is 0 Å². The quantitative estimate of drug-likeness (QED) is 0.873. The van der Waals surface area contributed by atoms with E-state index < -0.39 is 5.97 Å². The van der Waals surface area contributed by atoms with Crippen LogP contribution in [0.25, 0.3) is 11.3 Å². The maximum absolute atomic E-state index is 11.1. The lowest BCUT2D eigenvalue weighted by atomic mass is 10.1. The van der Waals surface area contributed by atoms with E-state index in [1.807, 2.05) is 12.1 Å². The Bertz CT molecular complexity index is 606. The Morgan fingerprint density at radius 3 is 2.45 bits per heavy atom. The number of aryl methyl sites for hydroxylation is 1. The molecule has 2 rings (SSSR count). The molecule has 4 heteroatoms. The number of aromatic carboxylic acids is 1. The molecule has 104 valence electrons. The molecular formula is C16H18N2O2. The molecule has 0 bridgehead atoms. The van der Waals surface area contributed by atoms with E-state index in [9.17, 15) is 4.79 Å². The van der Waals surface area contributed by atoms with Crippen molar-refractivity contribution in [1.29, 1.82) is 0 Å². The first-order valence-corrected chi connectivity index (χ1v) is 6.67. The van der Waals surface area contributed by atoms with Crippen LogP contribution in [0.2, 0.25) is 0 Å². The zero-order chi connectivity index (χ0) is 14.5. The van der Waals surface area contributed by atoms with Crippen molar-refractivity contribution >= 4 is 11.8 Å². The number of carbonyl (C=O) groups is 1. The van der Waals surface area contributed by atoms with E-state index in [1.54, 1.807) is 19.2 Å². The second-order valence-electron chi connectivity index (χ2n) is 4.59. The van der Waals surface area contributed by atoms with Crippen LogP contribution in [0, 0.1) is 0 Å². The van der Waals surface area contributed by atoms with Crippen molar-refractivity contribution in [2.24, 2.45) is 0 Å². The van der Waals surface area contributed by atoms with Crippen molar-refractivity contribution in [3.05, 3.63) is 47.5 Å². The van der Waals surface area contributed by atoms with Gasteiger partial charge in [0.05, 0.1) is 5.69 Å². The lowest BCUT2D eigenvalue weighted by molar-refractivity contribution is 0.0697. The first-order chi connectivity index (χ1) is 9.65. The molecule has 1 aromatic heterocycles. The molecule has 0 saturated heterocycles. The van der Waals surface area contributed by atoms with Crippen LogP contribution in [0.5, 0.6) is 0 Å². The van der Waals surface area contributed by atoms with E-state index >= 15 is 0 Å². The fraction of sp³-hybridized carbons (Fsp3) is 0.250. The summed E-state index contributed by atoms with van der Waals surface area (Å²) in [4.78, 5) is 15.4. The summed E-state index contributed by atoms with van der Waals surface area (Å²) in [6, 6.07) is 11.5. The number of anilines is 1. The van der Waals surface area contributed by atoms with Gasteiger partial charge in [0.15, 0.2) is 0 Å². The SMILES string of the molecule is CCCc1ccc(-c2ccc(C(=O)O)c(NC)n2)cc1. The van der Waals surface area contributed by atoms with Gasteiger partial charge in [-0.2, -0.15) is 0 Å². The molecule has 0 aliphatic rings. The van der Waals surface area contributed by atoms with Gasteiger partial charge in [-0.25, -0.2) is 9.78 Å². The number of carboxylic acids is 1. The van der Waals surface area contributed by atoms with Crippen molar-refractivity contribution in [2.75, 3.05) is 12.4 Å². The smallest absolute Gasteiger partial charge is 0.339 e. The van der Waals surface area contributed by atoms with Gasteiger partial charge in [0.2, 0.25) is 0 Å². The standard InChI is InChI=1S/C16H18N2O2/c1-3-4-11-5-7-12(8-6-11)14-10-9-13(16(19)20)15(17-2)18-14/h5-10H,3-4H2,1-2H3,(H,17,18)(H,19,20). The molecule has 2 N–H and O–H groups in total. The van der Waals surface area contributed by atoms with Gasteiger partial charge in [-0.15, -0.1) is 0 Å². The Morgan fingerprint density at radius 1 is 1.20 bits per heavy atom. The third-order valence-corrected chi connectivity index (χ3v) is 3.15. The van der Waals surface area contributed by atoms with Gasteiger partial charge in [0.1, 0.15) is 11.4 Å². The predicted molar refractivity (Wildman–Crippen MR) is 80.2 cm³/mol. The molecule has 1 aromatic carbocycles. The lowest BCUT2D eigenvalue weighted by Gasteiger charge is -2.08. The minimum Gasteiger partial charge on any atom is -0.478 e. The molecular weight excluding hydrogens is 252 g/mol. The largest absolute Gasteiger partial charge is 0.478 e. The zero-order valence-corrected chi connectivity index (χ0v) is 11.7. The summed E-state index contributed by atoms with van der Waals surface area (Å²) in [7, 11) is 1.67. The maximum atomic E-state index is 11.1. The lowest BCUT2D eigenvalue weighted by Crippen LogP contribution is -2.05. The number of rotatable bonds is 5. The maximum Gasteiger partial charge on any atom is 0.339 e. The summed E-state index contributed by atoms with van der Waals surface area (Å²) < 4.78 is 0. The van der Waals surface area contributed by atoms with Crippen LogP contribution in [0.3, 0.4) is 0 Å². The van der Waals surface area contributed by atoms with Crippen LogP contribution in [-0.2, 0) is 6.42 Å². The summed E-state index contributed by atoms with van der Waals surface area (Å²) in [6.45, 7) is 2.15. The Labute approximate surface area is 118 Å². The highest BCUT2D eigenvalue weighted by molar-refractivity contribution is 5.93. The molecule has 0 aliphatic carbocycles. The van der Waals surface area contributed by atoms with E-state index in [1.165, 1.54) is 5.56 Å². The number of nitrogens with zero attached hydrogens (tertiary/aromatic N) is 1. The summed E-state index contributed by atoms with van der Waals surface area (Å²) in [6.07, 6.45) is 2.18. The molecule has 0 saturated carbocycles. The van der Waals surface area contributed by atoms with E-state index in [-0.39, 0.29) is 5.56 Å². The predicted octanol–water partition coefficient (Wildman–Crippen LogP) is 3.44. The van der Waals surface area contributed by atoms with Gasteiger partial charge in [0, 0.05) is 12.6 Å². The van der Waals surface area contributed by atoms with Crippen molar-refractivity contribution in [3.8, 4) is 11.3 Å². The molecule has 0 amide bonds. The molecule has 2 aromatic rings. The Morgan fingerprint density at radius 2 is 1.90 bits per heavy atom. The van der Waals surface area contributed by atoms with E-state index in [4.69, 9.17) is 5.11 Å². The molecule has 1 heterocycles. The molecule has 0 atom stereocenters. The number of benzene rings is 1.